The number of aromatic nitrogens is 1. The number of nitriles is 1. The maximum absolute atomic E-state index is 9.21. The summed E-state index contributed by atoms with van der Waals surface area (Å²) in [5.41, 5.74) is 6.78. The molecular weight excluding hydrogens is 253 g/mol. The van der Waals surface area contributed by atoms with Crippen LogP contribution in [-0.4, -0.2) is 23.3 Å². The third-order valence-electron chi connectivity index (χ3n) is 4.08. The van der Waals surface area contributed by atoms with Gasteiger partial charge in [-0.15, -0.1) is 0 Å². The molecule has 0 radical (unpaired) electrons. The highest BCUT2D eigenvalue weighted by Crippen LogP contribution is 2.36. The van der Waals surface area contributed by atoms with Crippen LogP contribution in [0.4, 0.5) is 0 Å². The monoisotopic (exact) mass is 273 g/mol. The molecular formula is C14H20BN3O2. The summed E-state index contributed by atoms with van der Waals surface area (Å²) in [5.74, 6) is 0. The van der Waals surface area contributed by atoms with E-state index in [9.17, 15) is 5.26 Å². The van der Waals surface area contributed by atoms with Crippen molar-refractivity contribution in [3.05, 3.63) is 23.5 Å². The van der Waals surface area contributed by atoms with Gasteiger partial charge in [0.15, 0.2) is 0 Å². The molecule has 6 heteroatoms. The normalized spacial score (nSPS) is 21.6. The van der Waals surface area contributed by atoms with E-state index < -0.39 is 18.3 Å². The van der Waals surface area contributed by atoms with Crippen molar-refractivity contribution in [2.75, 3.05) is 0 Å². The molecule has 1 saturated heterocycles. The van der Waals surface area contributed by atoms with Crippen LogP contribution in [0.3, 0.4) is 0 Å². The van der Waals surface area contributed by atoms with Crippen LogP contribution in [0.1, 0.15) is 51.9 Å². The lowest BCUT2D eigenvalue weighted by molar-refractivity contribution is 0.00578. The van der Waals surface area contributed by atoms with E-state index in [4.69, 9.17) is 15.0 Å². The molecule has 1 atom stereocenters. The van der Waals surface area contributed by atoms with E-state index in [1.165, 1.54) is 0 Å². The number of hydrogen-bond acceptors (Lipinski definition) is 5. The van der Waals surface area contributed by atoms with Gasteiger partial charge in [-0.05, 0) is 40.2 Å². The van der Waals surface area contributed by atoms with Gasteiger partial charge in [-0.3, -0.25) is 0 Å². The van der Waals surface area contributed by atoms with Gasteiger partial charge >= 0.3 is 7.12 Å². The third-order valence-corrected chi connectivity index (χ3v) is 4.08. The van der Waals surface area contributed by atoms with Crippen molar-refractivity contribution in [1.29, 1.82) is 5.26 Å². The van der Waals surface area contributed by atoms with Crippen molar-refractivity contribution in [1.82, 2.24) is 4.98 Å². The van der Waals surface area contributed by atoms with Crippen molar-refractivity contribution in [2.45, 2.75) is 51.9 Å². The molecule has 0 bridgehead atoms. The molecule has 1 aromatic heterocycles. The maximum Gasteiger partial charge on any atom is 0.497 e. The zero-order valence-corrected chi connectivity index (χ0v) is 12.6. The molecule has 0 saturated carbocycles. The molecule has 106 valence electrons. The second-order valence-corrected chi connectivity index (χ2v) is 6.20. The van der Waals surface area contributed by atoms with Gasteiger partial charge in [0, 0.05) is 17.7 Å². The van der Waals surface area contributed by atoms with Crippen molar-refractivity contribution >= 4 is 12.6 Å². The van der Waals surface area contributed by atoms with Crippen LogP contribution < -0.4 is 11.2 Å². The zero-order valence-electron chi connectivity index (χ0n) is 12.6. The minimum Gasteiger partial charge on any atom is -0.399 e. The summed E-state index contributed by atoms with van der Waals surface area (Å²) in [5, 5.41) is 9.21. The number of nitrogens with zero attached hydrogens (tertiary/aromatic N) is 2. The summed E-state index contributed by atoms with van der Waals surface area (Å²) >= 11 is 0. The molecule has 0 amide bonds. The van der Waals surface area contributed by atoms with Gasteiger partial charge in [0.2, 0.25) is 0 Å². The molecule has 20 heavy (non-hydrogen) atoms. The Hall–Kier alpha value is -1.42. The smallest absolute Gasteiger partial charge is 0.399 e. The second kappa shape index (κ2) is 4.85. The van der Waals surface area contributed by atoms with E-state index in [0.717, 1.165) is 5.56 Å². The van der Waals surface area contributed by atoms with Crippen LogP contribution in [0, 0.1) is 11.3 Å². The number of hydrogen-bond donors (Lipinski definition) is 1. The fraction of sp³-hybridized carbons (Fsp3) is 0.571. The standard InChI is InChI=1S/C14H20BN3O2/c1-9(17)10-6-11(12(7-16)18-8-10)15-19-13(2,3)14(4,5)20-15/h6,8-9H,17H2,1-5H3. The highest BCUT2D eigenvalue weighted by atomic mass is 16.7. The van der Waals surface area contributed by atoms with Crippen molar-refractivity contribution in [2.24, 2.45) is 5.73 Å². The average Bonchev–Trinajstić information content (AvgIpc) is 2.57. The fourth-order valence-corrected chi connectivity index (χ4v) is 1.99. The van der Waals surface area contributed by atoms with E-state index in [0.29, 0.717) is 11.2 Å². The van der Waals surface area contributed by atoms with Crippen LogP contribution in [-0.2, 0) is 9.31 Å². The number of rotatable bonds is 2. The highest BCUT2D eigenvalue weighted by molar-refractivity contribution is 6.62. The topological polar surface area (TPSA) is 81.2 Å². The molecule has 1 aliphatic rings. The molecule has 2 rings (SSSR count). The zero-order chi connectivity index (χ0) is 15.1. The van der Waals surface area contributed by atoms with E-state index in [-0.39, 0.29) is 6.04 Å². The minimum atomic E-state index is -0.596. The van der Waals surface area contributed by atoms with Crippen LogP contribution in [0.15, 0.2) is 12.3 Å². The lowest BCUT2D eigenvalue weighted by Crippen LogP contribution is -2.41. The fourth-order valence-electron chi connectivity index (χ4n) is 1.99. The molecule has 5 nitrogen and oxygen atoms in total. The first-order valence-electron chi connectivity index (χ1n) is 6.69. The van der Waals surface area contributed by atoms with Crippen molar-refractivity contribution in [3.8, 4) is 6.07 Å². The summed E-state index contributed by atoms with van der Waals surface area (Å²) in [6.45, 7) is 9.77. The average molecular weight is 273 g/mol. The first-order chi connectivity index (χ1) is 9.18. The van der Waals surface area contributed by atoms with E-state index >= 15 is 0 Å². The van der Waals surface area contributed by atoms with Gasteiger partial charge in [-0.25, -0.2) is 4.98 Å². The molecule has 1 unspecified atom stereocenters. The van der Waals surface area contributed by atoms with Gasteiger partial charge in [-0.2, -0.15) is 5.26 Å². The SMILES string of the molecule is CC(N)c1cnc(C#N)c(B2OC(C)(C)C(C)(C)O2)c1. The Morgan fingerprint density at radius 2 is 1.85 bits per heavy atom. The van der Waals surface area contributed by atoms with Gasteiger partial charge in [-0.1, -0.05) is 6.07 Å². The largest absolute Gasteiger partial charge is 0.497 e. The first-order valence-corrected chi connectivity index (χ1v) is 6.69. The Bertz CT molecular complexity index is 548. The summed E-state index contributed by atoms with van der Waals surface area (Å²) in [6.07, 6.45) is 1.62. The predicted octanol–water partition coefficient (Wildman–Crippen LogP) is 1.27. The summed E-state index contributed by atoms with van der Waals surface area (Å²) in [4.78, 5) is 4.16. The maximum atomic E-state index is 9.21. The Balaban J connectivity index is 2.43. The van der Waals surface area contributed by atoms with Crippen molar-refractivity contribution in [3.63, 3.8) is 0 Å². The quantitative estimate of drug-likeness (QED) is 0.821. The van der Waals surface area contributed by atoms with E-state index in [2.05, 4.69) is 11.1 Å². The van der Waals surface area contributed by atoms with Crippen LogP contribution in [0.2, 0.25) is 0 Å². The molecule has 0 aromatic carbocycles. The highest BCUT2D eigenvalue weighted by Gasteiger charge is 2.52. The Morgan fingerprint density at radius 3 is 2.30 bits per heavy atom. The van der Waals surface area contributed by atoms with Gasteiger partial charge < -0.3 is 15.0 Å². The summed E-state index contributed by atoms with van der Waals surface area (Å²) < 4.78 is 11.9. The van der Waals surface area contributed by atoms with Gasteiger partial charge in [0.1, 0.15) is 11.8 Å². The van der Waals surface area contributed by atoms with Crippen LogP contribution >= 0.6 is 0 Å². The van der Waals surface area contributed by atoms with Gasteiger partial charge in [0.25, 0.3) is 0 Å². The predicted molar refractivity (Wildman–Crippen MR) is 77.3 cm³/mol. The minimum absolute atomic E-state index is 0.156. The van der Waals surface area contributed by atoms with E-state index in [1.807, 2.05) is 40.7 Å². The molecule has 1 fully saturated rings. The van der Waals surface area contributed by atoms with Crippen LogP contribution in [0.25, 0.3) is 0 Å². The third kappa shape index (κ3) is 2.45. The van der Waals surface area contributed by atoms with Crippen molar-refractivity contribution < 1.29 is 9.31 Å². The lowest BCUT2D eigenvalue weighted by atomic mass is 9.77. The lowest BCUT2D eigenvalue weighted by Gasteiger charge is -2.32. The molecule has 1 aliphatic heterocycles. The Kier molecular flexibility index (Phi) is 3.63. The molecule has 2 heterocycles. The van der Waals surface area contributed by atoms with Crippen LogP contribution in [0.5, 0.6) is 0 Å². The Labute approximate surface area is 120 Å². The molecule has 0 spiro atoms. The molecule has 0 aliphatic carbocycles. The number of pyridine rings is 1. The molecule has 2 N–H and O–H groups in total. The first kappa shape index (κ1) is 15.0. The number of nitrogens with two attached hydrogens (primary N) is 1. The second-order valence-electron chi connectivity index (χ2n) is 6.20. The van der Waals surface area contributed by atoms with Gasteiger partial charge in [0.05, 0.1) is 11.2 Å². The summed E-state index contributed by atoms with van der Waals surface area (Å²) in [6, 6.07) is 3.77. The Morgan fingerprint density at radius 1 is 1.30 bits per heavy atom. The molecule has 1 aromatic rings. The van der Waals surface area contributed by atoms with E-state index in [1.54, 1.807) is 6.20 Å². The summed E-state index contributed by atoms with van der Waals surface area (Å²) in [7, 11) is -0.596.